The van der Waals surface area contributed by atoms with Crippen molar-refractivity contribution >= 4 is 11.7 Å². The van der Waals surface area contributed by atoms with Gasteiger partial charge in [-0.3, -0.25) is 4.79 Å². The van der Waals surface area contributed by atoms with Gasteiger partial charge in [-0.25, -0.2) is 9.97 Å². The summed E-state index contributed by atoms with van der Waals surface area (Å²) in [6, 6.07) is 12.4. The molecule has 4 rings (SSSR count). The van der Waals surface area contributed by atoms with Gasteiger partial charge in [0.25, 0.3) is 5.91 Å². The Hall–Kier alpha value is -3.82. The van der Waals surface area contributed by atoms with Gasteiger partial charge in [0.2, 0.25) is 0 Å². The lowest BCUT2D eigenvalue weighted by atomic mass is 10.0. The van der Waals surface area contributed by atoms with Crippen LogP contribution >= 0.6 is 0 Å². The molecule has 0 fully saturated rings. The molecule has 1 aliphatic rings. The molecule has 0 radical (unpaired) electrons. The quantitative estimate of drug-likeness (QED) is 0.573. The number of fused-ring (bicyclic) bond motifs is 1. The number of aromatic nitrogens is 2. The van der Waals surface area contributed by atoms with E-state index in [-0.39, 0.29) is 18.2 Å². The molecule has 0 saturated carbocycles. The van der Waals surface area contributed by atoms with Crippen LogP contribution in [-0.4, -0.2) is 54.4 Å². The Morgan fingerprint density at radius 3 is 2.52 bits per heavy atom. The zero-order valence-electron chi connectivity index (χ0n) is 18.0. The van der Waals surface area contributed by atoms with Crippen molar-refractivity contribution < 1.29 is 27.4 Å². The fraction of sp³-hybridized carbons (Fsp3) is 0.261. The third-order valence-corrected chi connectivity index (χ3v) is 5.02. The van der Waals surface area contributed by atoms with Crippen LogP contribution < -0.4 is 14.4 Å². The Bertz CT molecular complexity index is 1150. The molecule has 2 heterocycles. The third-order valence-electron chi connectivity index (χ3n) is 5.02. The first-order valence-corrected chi connectivity index (χ1v) is 10.1. The first-order chi connectivity index (χ1) is 15.7. The molecule has 33 heavy (non-hydrogen) atoms. The van der Waals surface area contributed by atoms with E-state index < -0.39 is 6.36 Å². The van der Waals surface area contributed by atoms with Crippen molar-refractivity contribution in [1.82, 2.24) is 14.9 Å². The fourth-order valence-corrected chi connectivity index (χ4v) is 3.42. The minimum Gasteiger partial charge on any atom is -0.491 e. The molecular formula is C23H21F3N4O3. The SMILES string of the molecule is CN(C)c1ccnc(CN2CCOc3ccc(-c4ccc(OC(F)(F)F)cc4)cc3C2=O)n1. The smallest absolute Gasteiger partial charge is 0.491 e. The van der Waals surface area contributed by atoms with Crippen LogP contribution in [0.1, 0.15) is 16.2 Å². The summed E-state index contributed by atoms with van der Waals surface area (Å²) in [5.74, 6) is 1.14. The average molecular weight is 458 g/mol. The molecule has 0 unspecified atom stereocenters. The number of ether oxygens (including phenoxy) is 2. The highest BCUT2D eigenvalue weighted by molar-refractivity contribution is 5.98. The summed E-state index contributed by atoms with van der Waals surface area (Å²) in [5.41, 5.74) is 1.67. The lowest BCUT2D eigenvalue weighted by Crippen LogP contribution is -2.32. The van der Waals surface area contributed by atoms with Crippen LogP contribution in [0.25, 0.3) is 11.1 Å². The topological polar surface area (TPSA) is 67.8 Å². The van der Waals surface area contributed by atoms with Crippen molar-refractivity contribution in [2.45, 2.75) is 12.9 Å². The van der Waals surface area contributed by atoms with E-state index in [1.54, 1.807) is 35.4 Å². The van der Waals surface area contributed by atoms with Crippen LogP contribution in [0.3, 0.4) is 0 Å². The Morgan fingerprint density at radius 1 is 1.09 bits per heavy atom. The van der Waals surface area contributed by atoms with E-state index >= 15 is 0 Å². The van der Waals surface area contributed by atoms with Gasteiger partial charge in [0, 0.05) is 20.3 Å². The monoisotopic (exact) mass is 458 g/mol. The molecule has 7 nitrogen and oxygen atoms in total. The van der Waals surface area contributed by atoms with Gasteiger partial charge < -0.3 is 19.3 Å². The molecule has 10 heteroatoms. The maximum Gasteiger partial charge on any atom is 0.573 e. The summed E-state index contributed by atoms with van der Waals surface area (Å²) >= 11 is 0. The highest BCUT2D eigenvalue weighted by Gasteiger charge is 2.31. The number of amides is 1. The second-order valence-corrected chi connectivity index (χ2v) is 7.58. The highest BCUT2D eigenvalue weighted by atomic mass is 19.4. The molecule has 0 spiro atoms. The lowest BCUT2D eigenvalue weighted by molar-refractivity contribution is -0.274. The number of rotatable bonds is 5. The van der Waals surface area contributed by atoms with Crippen LogP contribution in [-0.2, 0) is 6.54 Å². The standard InChI is InChI=1S/C23H21F3N4O3/c1-29(2)21-9-10-27-20(28-21)14-30-11-12-32-19-8-5-16(13-18(19)22(30)31)15-3-6-17(7-4-15)33-23(24,25)26/h3-10,13H,11-12,14H2,1-2H3. The molecule has 1 amide bonds. The van der Waals surface area contributed by atoms with Crippen molar-refractivity contribution in [2.24, 2.45) is 0 Å². The Kier molecular flexibility index (Phi) is 6.08. The summed E-state index contributed by atoms with van der Waals surface area (Å²) in [5, 5.41) is 0. The number of hydrogen-bond donors (Lipinski definition) is 0. The Morgan fingerprint density at radius 2 is 1.82 bits per heavy atom. The van der Waals surface area contributed by atoms with E-state index in [9.17, 15) is 18.0 Å². The van der Waals surface area contributed by atoms with Gasteiger partial charge >= 0.3 is 6.36 Å². The van der Waals surface area contributed by atoms with Crippen molar-refractivity contribution in [3.8, 4) is 22.6 Å². The first kappa shape index (κ1) is 22.4. The zero-order chi connectivity index (χ0) is 23.6. The van der Waals surface area contributed by atoms with Gasteiger partial charge in [-0.15, -0.1) is 13.2 Å². The van der Waals surface area contributed by atoms with Gasteiger partial charge in [-0.1, -0.05) is 18.2 Å². The number of carbonyl (C=O) groups is 1. The van der Waals surface area contributed by atoms with Gasteiger partial charge in [-0.05, 0) is 41.5 Å². The van der Waals surface area contributed by atoms with Gasteiger partial charge in [0.1, 0.15) is 29.7 Å². The number of nitrogens with zero attached hydrogens (tertiary/aromatic N) is 4. The summed E-state index contributed by atoms with van der Waals surface area (Å²) < 4.78 is 46.9. The second kappa shape index (κ2) is 8.97. The lowest BCUT2D eigenvalue weighted by Gasteiger charge is -2.20. The minimum atomic E-state index is -4.76. The molecule has 172 valence electrons. The minimum absolute atomic E-state index is 0.219. The third kappa shape index (κ3) is 5.33. The molecule has 2 aromatic carbocycles. The predicted octanol–water partition coefficient (Wildman–Crippen LogP) is 4.14. The largest absolute Gasteiger partial charge is 0.573 e. The van der Waals surface area contributed by atoms with Crippen LogP contribution in [0.4, 0.5) is 19.0 Å². The zero-order valence-corrected chi connectivity index (χ0v) is 18.0. The molecule has 1 aromatic heterocycles. The highest BCUT2D eigenvalue weighted by Crippen LogP contribution is 2.31. The number of alkyl halides is 3. The Balaban J connectivity index is 1.58. The molecule has 0 aliphatic carbocycles. The van der Waals surface area contributed by atoms with Crippen molar-refractivity contribution in [1.29, 1.82) is 0 Å². The van der Waals surface area contributed by atoms with E-state index in [0.717, 1.165) is 5.82 Å². The van der Waals surface area contributed by atoms with E-state index in [0.29, 0.717) is 41.4 Å². The van der Waals surface area contributed by atoms with Crippen molar-refractivity contribution in [2.75, 3.05) is 32.1 Å². The molecular weight excluding hydrogens is 437 g/mol. The number of anilines is 1. The summed E-state index contributed by atoms with van der Waals surface area (Å²) in [6.07, 6.45) is -3.11. The number of carbonyl (C=O) groups excluding carboxylic acids is 1. The van der Waals surface area contributed by atoms with Crippen LogP contribution in [0.5, 0.6) is 11.5 Å². The average Bonchev–Trinajstić information content (AvgIpc) is 2.92. The molecule has 3 aromatic rings. The number of benzene rings is 2. The maximum absolute atomic E-state index is 13.3. The molecule has 1 aliphatic heterocycles. The van der Waals surface area contributed by atoms with Crippen LogP contribution in [0.15, 0.2) is 54.7 Å². The molecule has 0 saturated heterocycles. The van der Waals surface area contributed by atoms with E-state index in [1.165, 1.54) is 24.3 Å². The predicted molar refractivity (Wildman–Crippen MR) is 115 cm³/mol. The summed E-state index contributed by atoms with van der Waals surface area (Å²) in [7, 11) is 3.74. The number of halogens is 3. The van der Waals surface area contributed by atoms with Crippen molar-refractivity contribution in [3.63, 3.8) is 0 Å². The van der Waals surface area contributed by atoms with Gasteiger partial charge in [0.05, 0.1) is 18.7 Å². The molecule has 0 atom stereocenters. The summed E-state index contributed by atoms with van der Waals surface area (Å²) in [4.78, 5) is 25.5. The summed E-state index contributed by atoms with van der Waals surface area (Å²) in [6.45, 7) is 0.897. The van der Waals surface area contributed by atoms with Gasteiger partial charge in [0.15, 0.2) is 0 Å². The van der Waals surface area contributed by atoms with E-state index in [4.69, 9.17) is 4.74 Å². The number of hydrogen-bond acceptors (Lipinski definition) is 6. The maximum atomic E-state index is 13.3. The Labute approximate surface area is 188 Å². The fourth-order valence-electron chi connectivity index (χ4n) is 3.42. The second-order valence-electron chi connectivity index (χ2n) is 7.58. The van der Waals surface area contributed by atoms with Crippen LogP contribution in [0.2, 0.25) is 0 Å². The van der Waals surface area contributed by atoms with E-state index in [2.05, 4.69) is 14.7 Å². The first-order valence-electron chi connectivity index (χ1n) is 10.1. The normalized spacial score (nSPS) is 13.7. The van der Waals surface area contributed by atoms with E-state index in [1.807, 2.05) is 19.0 Å². The van der Waals surface area contributed by atoms with Crippen LogP contribution in [0, 0.1) is 0 Å². The van der Waals surface area contributed by atoms with Crippen molar-refractivity contribution in [3.05, 3.63) is 66.1 Å². The van der Waals surface area contributed by atoms with Gasteiger partial charge in [-0.2, -0.15) is 0 Å². The molecule has 0 bridgehead atoms. The molecule has 0 N–H and O–H groups in total.